The van der Waals surface area contributed by atoms with Crippen LogP contribution in [-0.2, 0) is 6.61 Å². The molecule has 1 heterocycles. The summed E-state index contributed by atoms with van der Waals surface area (Å²) in [5, 5.41) is 17.7. The molecule has 0 spiro atoms. The van der Waals surface area contributed by atoms with Crippen LogP contribution in [0, 0.1) is 22.7 Å². The van der Waals surface area contributed by atoms with Gasteiger partial charge in [-0.25, -0.2) is 4.98 Å². The summed E-state index contributed by atoms with van der Waals surface area (Å²) < 4.78 is 11.2. The number of rotatable bonds is 5. The van der Waals surface area contributed by atoms with E-state index in [1.807, 2.05) is 13.0 Å². The number of hydrogen-bond acceptors (Lipinski definition) is 5. The molecule has 0 unspecified atom stereocenters. The quantitative estimate of drug-likeness (QED) is 0.840. The lowest BCUT2D eigenvalue weighted by molar-refractivity contribution is 0.269. The number of nitrogens with zero attached hydrogens (tertiary/aromatic N) is 3. The van der Waals surface area contributed by atoms with Crippen LogP contribution in [0.5, 0.6) is 11.5 Å². The standard InChI is InChI=1S/C16H13N3O2/c1-2-20-16-8-12(9-17)3-4-15(16)21-11-13-5-6-19-14(7-13)10-18/h3-8H,2,11H2,1H3. The molecule has 0 amide bonds. The van der Waals surface area contributed by atoms with Gasteiger partial charge in [-0.05, 0) is 36.8 Å². The minimum Gasteiger partial charge on any atom is -0.490 e. The van der Waals surface area contributed by atoms with Crippen molar-refractivity contribution in [2.45, 2.75) is 13.5 Å². The Bertz CT molecular complexity index is 714. The van der Waals surface area contributed by atoms with E-state index in [2.05, 4.69) is 11.1 Å². The molecule has 0 aliphatic rings. The number of aromatic nitrogens is 1. The van der Waals surface area contributed by atoms with Gasteiger partial charge in [0.15, 0.2) is 11.5 Å². The fourth-order valence-corrected chi connectivity index (χ4v) is 1.75. The molecule has 1 aromatic carbocycles. The summed E-state index contributed by atoms with van der Waals surface area (Å²) in [4.78, 5) is 3.91. The molecule has 0 radical (unpaired) electrons. The summed E-state index contributed by atoms with van der Waals surface area (Å²) in [5.41, 5.74) is 1.70. The summed E-state index contributed by atoms with van der Waals surface area (Å²) in [7, 11) is 0. The number of ether oxygens (including phenoxy) is 2. The zero-order valence-electron chi connectivity index (χ0n) is 11.5. The van der Waals surface area contributed by atoms with Crippen LogP contribution in [-0.4, -0.2) is 11.6 Å². The third-order valence-electron chi connectivity index (χ3n) is 2.71. The molecular formula is C16H13N3O2. The Morgan fingerprint density at radius 2 is 1.90 bits per heavy atom. The average Bonchev–Trinajstić information content (AvgIpc) is 2.54. The predicted molar refractivity (Wildman–Crippen MR) is 75.6 cm³/mol. The van der Waals surface area contributed by atoms with Crippen molar-refractivity contribution in [3.63, 3.8) is 0 Å². The molecule has 1 aromatic heterocycles. The molecule has 0 saturated heterocycles. The van der Waals surface area contributed by atoms with E-state index < -0.39 is 0 Å². The highest BCUT2D eigenvalue weighted by molar-refractivity contribution is 5.46. The Hall–Kier alpha value is -3.05. The van der Waals surface area contributed by atoms with Crippen molar-refractivity contribution in [1.82, 2.24) is 4.98 Å². The summed E-state index contributed by atoms with van der Waals surface area (Å²) in [6.45, 7) is 2.65. The molecular weight excluding hydrogens is 266 g/mol. The van der Waals surface area contributed by atoms with Crippen LogP contribution in [0.4, 0.5) is 0 Å². The minimum atomic E-state index is 0.295. The molecule has 0 aliphatic heterocycles. The van der Waals surface area contributed by atoms with Gasteiger partial charge in [-0.3, -0.25) is 0 Å². The van der Waals surface area contributed by atoms with Crippen LogP contribution in [0.15, 0.2) is 36.5 Å². The van der Waals surface area contributed by atoms with Gasteiger partial charge in [0.1, 0.15) is 18.4 Å². The van der Waals surface area contributed by atoms with Crippen LogP contribution in [0.1, 0.15) is 23.7 Å². The van der Waals surface area contributed by atoms with E-state index in [0.29, 0.717) is 36.0 Å². The van der Waals surface area contributed by atoms with Gasteiger partial charge in [-0.2, -0.15) is 10.5 Å². The van der Waals surface area contributed by atoms with Crippen LogP contribution >= 0.6 is 0 Å². The van der Waals surface area contributed by atoms with Crippen LogP contribution in [0.2, 0.25) is 0 Å². The largest absolute Gasteiger partial charge is 0.490 e. The molecule has 104 valence electrons. The van der Waals surface area contributed by atoms with E-state index in [1.54, 1.807) is 36.5 Å². The van der Waals surface area contributed by atoms with Crippen molar-refractivity contribution in [3.8, 4) is 23.6 Å². The molecule has 21 heavy (non-hydrogen) atoms. The van der Waals surface area contributed by atoms with Crippen molar-refractivity contribution < 1.29 is 9.47 Å². The van der Waals surface area contributed by atoms with Crippen molar-refractivity contribution in [2.75, 3.05) is 6.61 Å². The maximum atomic E-state index is 8.90. The fraction of sp³-hybridized carbons (Fsp3) is 0.188. The SMILES string of the molecule is CCOc1cc(C#N)ccc1OCc1ccnc(C#N)c1. The van der Waals surface area contributed by atoms with E-state index in [0.717, 1.165) is 5.56 Å². The number of hydrogen-bond donors (Lipinski definition) is 0. The topological polar surface area (TPSA) is 78.9 Å². The zero-order chi connectivity index (χ0) is 15.1. The van der Waals surface area contributed by atoms with Crippen molar-refractivity contribution in [3.05, 3.63) is 53.3 Å². The summed E-state index contributed by atoms with van der Waals surface area (Å²) in [5.74, 6) is 1.09. The minimum absolute atomic E-state index is 0.295. The van der Waals surface area contributed by atoms with Gasteiger partial charge in [0, 0.05) is 12.3 Å². The summed E-state index contributed by atoms with van der Waals surface area (Å²) >= 11 is 0. The smallest absolute Gasteiger partial charge is 0.162 e. The first-order valence-corrected chi connectivity index (χ1v) is 6.41. The Balaban J connectivity index is 2.15. The van der Waals surface area contributed by atoms with Gasteiger partial charge in [-0.15, -0.1) is 0 Å². The second-order valence-electron chi connectivity index (χ2n) is 4.16. The molecule has 2 rings (SSSR count). The third-order valence-corrected chi connectivity index (χ3v) is 2.71. The second kappa shape index (κ2) is 6.93. The van der Waals surface area contributed by atoms with Crippen molar-refractivity contribution >= 4 is 0 Å². The summed E-state index contributed by atoms with van der Waals surface area (Å²) in [6.07, 6.45) is 1.57. The van der Waals surface area contributed by atoms with Gasteiger partial charge in [0.25, 0.3) is 0 Å². The van der Waals surface area contributed by atoms with Crippen LogP contribution in [0.25, 0.3) is 0 Å². The Kier molecular flexibility index (Phi) is 4.74. The van der Waals surface area contributed by atoms with E-state index >= 15 is 0 Å². The maximum Gasteiger partial charge on any atom is 0.162 e. The van der Waals surface area contributed by atoms with Gasteiger partial charge < -0.3 is 9.47 Å². The van der Waals surface area contributed by atoms with E-state index in [-0.39, 0.29) is 0 Å². The molecule has 0 fully saturated rings. The summed E-state index contributed by atoms with van der Waals surface area (Å²) in [6, 6.07) is 12.5. The second-order valence-corrected chi connectivity index (χ2v) is 4.16. The molecule has 0 N–H and O–H groups in total. The lowest BCUT2D eigenvalue weighted by atomic mass is 10.2. The lowest BCUT2D eigenvalue weighted by Crippen LogP contribution is -2.00. The van der Waals surface area contributed by atoms with Gasteiger partial charge in [-0.1, -0.05) is 0 Å². The molecule has 2 aromatic rings. The molecule has 0 saturated carbocycles. The van der Waals surface area contributed by atoms with Gasteiger partial charge in [0.05, 0.1) is 18.2 Å². The average molecular weight is 279 g/mol. The maximum absolute atomic E-state index is 8.90. The van der Waals surface area contributed by atoms with Gasteiger partial charge in [0.2, 0.25) is 0 Å². The Labute approximate surface area is 123 Å². The van der Waals surface area contributed by atoms with E-state index in [9.17, 15) is 0 Å². The predicted octanol–water partition coefficient (Wildman–Crippen LogP) is 2.80. The van der Waals surface area contributed by atoms with E-state index in [1.165, 1.54) is 0 Å². The van der Waals surface area contributed by atoms with Gasteiger partial charge >= 0.3 is 0 Å². The Morgan fingerprint density at radius 3 is 2.62 bits per heavy atom. The van der Waals surface area contributed by atoms with E-state index in [4.69, 9.17) is 20.0 Å². The molecule has 0 aliphatic carbocycles. The number of pyridine rings is 1. The number of benzene rings is 1. The molecule has 5 heteroatoms. The first-order chi connectivity index (χ1) is 10.3. The van der Waals surface area contributed by atoms with Crippen LogP contribution < -0.4 is 9.47 Å². The Morgan fingerprint density at radius 1 is 1.05 bits per heavy atom. The lowest BCUT2D eigenvalue weighted by Gasteiger charge is -2.12. The van der Waals surface area contributed by atoms with Crippen molar-refractivity contribution in [2.24, 2.45) is 0 Å². The monoisotopic (exact) mass is 279 g/mol. The first kappa shape index (κ1) is 14.4. The van der Waals surface area contributed by atoms with Crippen LogP contribution in [0.3, 0.4) is 0 Å². The zero-order valence-corrected chi connectivity index (χ0v) is 11.5. The highest BCUT2D eigenvalue weighted by Crippen LogP contribution is 2.29. The fourth-order valence-electron chi connectivity index (χ4n) is 1.75. The van der Waals surface area contributed by atoms with Crippen molar-refractivity contribution in [1.29, 1.82) is 10.5 Å². The third kappa shape index (κ3) is 3.71. The highest BCUT2D eigenvalue weighted by atomic mass is 16.5. The molecule has 5 nitrogen and oxygen atoms in total. The molecule has 0 bridgehead atoms. The molecule has 0 atom stereocenters. The highest BCUT2D eigenvalue weighted by Gasteiger charge is 2.07. The first-order valence-electron chi connectivity index (χ1n) is 6.41. The normalized spacial score (nSPS) is 9.48. The number of nitriles is 2.